The molecule has 1 saturated heterocycles. The Morgan fingerprint density at radius 3 is 2.84 bits per heavy atom. The van der Waals surface area contributed by atoms with E-state index in [0.29, 0.717) is 11.6 Å². The molecule has 1 aliphatic heterocycles. The number of aromatic nitrogens is 2. The first-order valence-electron chi connectivity index (χ1n) is 6.26. The van der Waals surface area contributed by atoms with Gasteiger partial charge in [0.2, 0.25) is 11.9 Å². The lowest BCUT2D eigenvalue weighted by Crippen LogP contribution is -2.40. The van der Waals surface area contributed by atoms with Crippen LogP contribution in [0.2, 0.25) is 0 Å². The molecule has 1 aliphatic rings. The number of nitrogens with zero attached hydrogens (tertiary/aromatic N) is 3. The van der Waals surface area contributed by atoms with Gasteiger partial charge in [0.15, 0.2) is 0 Å². The largest absolute Gasteiger partial charge is 0.388 e. The summed E-state index contributed by atoms with van der Waals surface area (Å²) in [5.41, 5.74) is 6.00. The average molecular weight is 279 g/mol. The van der Waals surface area contributed by atoms with Crippen molar-refractivity contribution < 1.29 is 4.79 Å². The van der Waals surface area contributed by atoms with Crippen LogP contribution in [0.3, 0.4) is 0 Å². The number of rotatable bonds is 4. The van der Waals surface area contributed by atoms with E-state index in [1.54, 1.807) is 19.2 Å². The minimum atomic E-state index is -0.361. The molecule has 3 N–H and O–H groups in total. The van der Waals surface area contributed by atoms with Crippen LogP contribution in [0, 0.1) is 0 Å². The van der Waals surface area contributed by atoms with E-state index in [0.717, 1.165) is 25.9 Å². The molecule has 2 rings (SSSR count). The van der Waals surface area contributed by atoms with E-state index in [9.17, 15) is 4.79 Å². The van der Waals surface area contributed by atoms with E-state index in [4.69, 9.17) is 18.0 Å². The van der Waals surface area contributed by atoms with Gasteiger partial charge in [-0.1, -0.05) is 12.2 Å². The van der Waals surface area contributed by atoms with Crippen LogP contribution in [0.25, 0.3) is 0 Å². The fourth-order valence-electron chi connectivity index (χ4n) is 2.03. The molecular formula is C12H17N5OS. The molecular weight excluding hydrogens is 262 g/mol. The van der Waals surface area contributed by atoms with Crippen LogP contribution >= 0.6 is 12.2 Å². The molecule has 0 aliphatic carbocycles. The quantitative estimate of drug-likeness (QED) is 0.782. The molecule has 1 aromatic rings. The van der Waals surface area contributed by atoms with Crippen LogP contribution in [-0.2, 0) is 4.79 Å². The van der Waals surface area contributed by atoms with Gasteiger partial charge in [-0.2, -0.15) is 0 Å². The Morgan fingerprint density at radius 2 is 2.21 bits per heavy atom. The highest BCUT2D eigenvalue weighted by atomic mass is 32.1. The molecule has 6 nitrogen and oxygen atoms in total. The summed E-state index contributed by atoms with van der Waals surface area (Å²) in [4.78, 5) is 22.4. The van der Waals surface area contributed by atoms with E-state index < -0.39 is 0 Å². The van der Waals surface area contributed by atoms with Crippen LogP contribution in [-0.4, -0.2) is 44.9 Å². The second-order valence-corrected chi connectivity index (χ2v) is 4.97. The van der Waals surface area contributed by atoms with Gasteiger partial charge in [0.05, 0.1) is 0 Å². The first kappa shape index (κ1) is 13.7. The second kappa shape index (κ2) is 5.92. The van der Waals surface area contributed by atoms with Gasteiger partial charge in [-0.25, -0.2) is 9.97 Å². The van der Waals surface area contributed by atoms with E-state index >= 15 is 0 Å². The van der Waals surface area contributed by atoms with Crippen LogP contribution in [0.15, 0.2) is 12.3 Å². The van der Waals surface area contributed by atoms with Crippen LogP contribution < -0.4 is 11.1 Å². The maximum atomic E-state index is 12.1. The third-order valence-corrected chi connectivity index (χ3v) is 3.25. The number of amides is 1. The highest BCUT2D eigenvalue weighted by molar-refractivity contribution is 7.80. The number of hydrogen-bond donors (Lipinski definition) is 2. The summed E-state index contributed by atoms with van der Waals surface area (Å²) in [6.45, 7) is 3.47. The number of thiocarbonyl (C=S) groups is 1. The maximum absolute atomic E-state index is 12.1. The number of likely N-dealkylation sites (tertiary alicyclic amines) is 1. The highest BCUT2D eigenvalue weighted by Gasteiger charge is 2.23. The Morgan fingerprint density at radius 1 is 1.53 bits per heavy atom. The molecule has 2 heterocycles. The van der Waals surface area contributed by atoms with Crippen molar-refractivity contribution in [3.63, 3.8) is 0 Å². The summed E-state index contributed by atoms with van der Waals surface area (Å²) in [6.07, 6.45) is 3.72. The van der Waals surface area contributed by atoms with Crippen molar-refractivity contribution in [2.45, 2.75) is 25.8 Å². The fraction of sp³-hybridized carbons (Fsp3) is 0.500. The van der Waals surface area contributed by atoms with Crippen LogP contribution in [0.1, 0.15) is 25.5 Å². The van der Waals surface area contributed by atoms with Crippen LogP contribution in [0.4, 0.5) is 5.95 Å². The van der Waals surface area contributed by atoms with Gasteiger partial charge in [-0.15, -0.1) is 0 Å². The molecule has 19 heavy (non-hydrogen) atoms. The zero-order valence-electron chi connectivity index (χ0n) is 10.8. The summed E-state index contributed by atoms with van der Waals surface area (Å²) in [6, 6.07) is 1.28. The van der Waals surface area contributed by atoms with Crippen molar-refractivity contribution in [1.29, 1.82) is 0 Å². The molecule has 1 aromatic heterocycles. The number of hydrogen-bond acceptors (Lipinski definition) is 5. The number of carbonyl (C=O) groups is 1. The highest BCUT2D eigenvalue weighted by Crippen LogP contribution is 2.11. The molecule has 0 radical (unpaired) electrons. The molecule has 7 heteroatoms. The summed E-state index contributed by atoms with van der Waals surface area (Å²) in [5, 5.41) is 2.99. The van der Waals surface area contributed by atoms with Crippen LogP contribution in [0.5, 0.6) is 0 Å². The average Bonchev–Trinajstić information content (AvgIpc) is 2.92. The summed E-state index contributed by atoms with van der Waals surface area (Å²) in [7, 11) is 0. The second-order valence-electron chi connectivity index (χ2n) is 4.53. The van der Waals surface area contributed by atoms with Crippen molar-refractivity contribution in [2.75, 3.05) is 18.4 Å². The lowest BCUT2D eigenvalue weighted by atomic mass is 10.3. The first-order chi connectivity index (χ1) is 9.08. The van der Waals surface area contributed by atoms with E-state index in [1.165, 1.54) is 0 Å². The smallest absolute Gasteiger partial charge is 0.244 e. The molecule has 102 valence electrons. The van der Waals surface area contributed by atoms with E-state index in [1.807, 2.05) is 4.90 Å². The topological polar surface area (TPSA) is 84.1 Å². The Labute approximate surface area is 117 Å². The number of nitrogens with two attached hydrogens (primary N) is 1. The minimum Gasteiger partial charge on any atom is -0.388 e. The Hall–Kier alpha value is -1.76. The summed E-state index contributed by atoms with van der Waals surface area (Å²) >= 11 is 4.86. The molecule has 1 fully saturated rings. The maximum Gasteiger partial charge on any atom is 0.244 e. The van der Waals surface area contributed by atoms with Gasteiger partial charge in [0, 0.05) is 19.3 Å². The molecule has 1 unspecified atom stereocenters. The van der Waals surface area contributed by atoms with Crippen molar-refractivity contribution in [3.05, 3.63) is 18.0 Å². The number of nitrogens with one attached hydrogen (secondary N) is 1. The third-order valence-electron chi connectivity index (χ3n) is 3.04. The normalized spacial score (nSPS) is 16.2. The minimum absolute atomic E-state index is 0.0711. The Balaban J connectivity index is 2.01. The van der Waals surface area contributed by atoms with E-state index in [2.05, 4.69) is 15.3 Å². The fourth-order valence-corrected chi connectivity index (χ4v) is 2.15. The van der Waals surface area contributed by atoms with Gasteiger partial charge in [-0.05, 0) is 25.8 Å². The number of carbonyl (C=O) groups excluding carboxylic acids is 1. The van der Waals surface area contributed by atoms with Gasteiger partial charge in [-0.3, -0.25) is 4.79 Å². The Bertz CT molecular complexity index is 487. The predicted octanol–water partition coefficient (Wildman–Crippen LogP) is 0.534. The van der Waals surface area contributed by atoms with E-state index in [-0.39, 0.29) is 16.9 Å². The Kier molecular flexibility index (Phi) is 4.26. The third kappa shape index (κ3) is 3.37. The van der Waals surface area contributed by atoms with Gasteiger partial charge in [0.1, 0.15) is 16.7 Å². The SMILES string of the molecule is CC(Nc1nccc(C(N)=S)n1)C(=O)N1CCCC1. The molecule has 1 amide bonds. The van der Waals surface area contributed by atoms with Crippen molar-refractivity contribution in [3.8, 4) is 0 Å². The van der Waals surface area contributed by atoms with Gasteiger partial charge >= 0.3 is 0 Å². The molecule has 0 aromatic carbocycles. The molecule has 0 saturated carbocycles. The summed E-state index contributed by atoms with van der Waals surface area (Å²) in [5.74, 6) is 0.437. The van der Waals surface area contributed by atoms with Crippen molar-refractivity contribution in [2.24, 2.45) is 5.73 Å². The standard InChI is InChI=1S/C12H17N5OS/c1-8(11(18)17-6-2-3-7-17)15-12-14-5-4-9(16-12)10(13)19/h4-5,8H,2-3,6-7H2,1H3,(H2,13,19)(H,14,15,16). The number of anilines is 1. The van der Waals surface area contributed by atoms with Gasteiger partial charge in [0.25, 0.3) is 0 Å². The zero-order valence-corrected chi connectivity index (χ0v) is 11.6. The van der Waals surface area contributed by atoms with Gasteiger partial charge < -0.3 is 16.0 Å². The first-order valence-corrected chi connectivity index (χ1v) is 6.67. The van der Waals surface area contributed by atoms with Crippen molar-refractivity contribution >= 4 is 29.1 Å². The molecule has 0 spiro atoms. The molecule has 1 atom stereocenters. The van der Waals surface area contributed by atoms with Crippen molar-refractivity contribution in [1.82, 2.24) is 14.9 Å². The lowest BCUT2D eigenvalue weighted by Gasteiger charge is -2.21. The summed E-state index contributed by atoms with van der Waals surface area (Å²) < 4.78 is 0. The zero-order chi connectivity index (χ0) is 13.8. The lowest BCUT2D eigenvalue weighted by molar-refractivity contribution is -0.130. The predicted molar refractivity (Wildman–Crippen MR) is 76.8 cm³/mol. The molecule has 0 bridgehead atoms. The monoisotopic (exact) mass is 279 g/mol.